The zero-order chi connectivity index (χ0) is 21.8. The van der Waals surface area contributed by atoms with Gasteiger partial charge in [-0.05, 0) is 85.7 Å². The number of para-hydroxylation sites is 2. The summed E-state index contributed by atoms with van der Waals surface area (Å²) in [7, 11) is 1.60. The van der Waals surface area contributed by atoms with Crippen LogP contribution >= 0.6 is 0 Å². The normalized spacial score (nSPS) is 41.4. The minimum Gasteiger partial charge on any atom is -0.493 e. The van der Waals surface area contributed by atoms with Crippen molar-refractivity contribution in [2.75, 3.05) is 7.11 Å². The number of rotatable bonds is 3. The minimum atomic E-state index is -0.0993. The molecule has 0 unspecified atom stereocenters. The number of piperidine rings is 1. The number of methoxy groups -OCH3 is 1. The third-order valence-corrected chi connectivity index (χ3v) is 9.66. The van der Waals surface area contributed by atoms with E-state index in [1.807, 2.05) is 24.3 Å². The van der Waals surface area contributed by atoms with E-state index in [0.29, 0.717) is 41.7 Å². The van der Waals surface area contributed by atoms with Crippen LogP contribution < -0.4 is 14.8 Å². The SMILES string of the molecule is COc1ccccc1OC(=O)[C@H]1CC[C@H]2[C@@H]3CC[C@H]4NC(=O)CC[C@]4(C)[C@H]3CC[C@]12C. The van der Waals surface area contributed by atoms with Gasteiger partial charge < -0.3 is 14.8 Å². The summed E-state index contributed by atoms with van der Waals surface area (Å²) in [5.41, 5.74) is 0.204. The minimum absolute atomic E-state index is 0.00137. The summed E-state index contributed by atoms with van der Waals surface area (Å²) in [5, 5.41) is 3.30. The maximum Gasteiger partial charge on any atom is 0.315 e. The fourth-order valence-corrected chi connectivity index (χ4v) is 7.97. The first-order valence-electron chi connectivity index (χ1n) is 12.0. The fourth-order valence-electron chi connectivity index (χ4n) is 7.97. The summed E-state index contributed by atoms with van der Waals surface area (Å²) < 4.78 is 11.2. The molecule has 1 aromatic carbocycles. The Hall–Kier alpha value is -2.04. The number of carbonyl (C=O) groups is 2. The van der Waals surface area contributed by atoms with Gasteiger partial charge in [-0.25, -0.2) is 0 Å². The summed E-state index contributed by atoms with van der Waals surface area (Å²) in [4.78, 5) is 25.3. The molecule has 168 valence electrons. The van der Waals surface area contributed by atoms with E-state index >= 15 is 0 Å². The lowest BCUT2D eigenvalue weighted by atomic mass is 9.47. The first kappa shape index (κ1) is 20.8. The zero-order valence-electron chi connectivity index (χ0n) is 19.0. The number of amides is 1. The van der Waals surface area contributed by atoms with E-state index in [0.717, 1.165) is 38.5 Å². The number of fused-ring (bicyclic) bond motifs is 5. The third-order valence-electron chi connectivity index (χ3n) is 9.66. The highest BCUT2D eigenvalue weighted by molar-refractivity contribution is 5.78. The standard InChI is InChI=1S/C26H35NO4/c1-25-14-12-18-16(8-11-22-26(18,2)15-13-23(28)27-22)17(25)9-10-19(25)24(29)31-21-7-5-4-6-20(21)30-3/h4-7,16-19,22H,8-15H2,1-3H3,(H,27,28)/t16-,17-,18-,19+,22+,25-,26+/m0/s1. The van der Waals surface area contributed by atoms with E-state index in [2.05, 4.69) is 19.2 Å². The quantitative estimate of drug-likeness (QED) is 0.561. The summed E-state index contributed by atoms with van der Waals surface area (Å²) in [6, 6.07) is 7.72. The Morgan fingerprint density at radius 2 is 1.71 bits per heavy atom. The van der Waals surface area contributed by atoms with Gasteiger partial charge in [0.05, 0.1) is 13.0 Å². The molecule has 31 heavy (non-hydrogen) atoms. The molecule has 1 aliphatic heterocycles. The molecule has 3 aliphatic carbocycles. The van der Waals surface area contributed by atoms with Crippen LogP contribution in [0.1, 0.15) is 65.2 Å². The molecule has 1 aromatic rings. The zero-order valence-corrected chi connectivity index (χ0v) is 19.0. The van der Waals surface area contributed by atoms with Crippen LogP contribution in [0.15, 0.2) is 24.3 Å². The summed E-state index contributed by atoms with van der Waals surface area (Å²) in [6.45, 7) is 4.76. The molecule has 1 saturated heterocycles. The Labute approximate surface area is 185 Å². The van der Waals surface area contributed by atoms with Crippen LogP contribution in [-0.4, -0.2) is 25.0 Å². The number of hydrogen-bond donors (Lipinski definition) is 1. The highest BCUT2D eigenvalue weighted by atomic mass is 16.6. The molecule has 4 aliphatic rings. The first-order chi connectivity index (χ1) is 14.9. The van der Waals surface area contributed by atoms with E-state index in [1.165, 1.54) is 6.42 Å². The molecule has 7 atom stereocenters. The number of nitrogens with one attached hydrogen (secondary N) is 1. The second kappa shape index (κ2) is 7.53. The molecule has 5 nitrogen and oxygen atoms in total. The molecule has 3 saturated carbocycles. The topological polar surface area (TPSA) is 64.6 Å². The monoisotopic (exact) mass is 425 g/mol. The molecule has 1 amide bonds. The maximum atomic E-state index is 13.3. The van der Waals surface area contributed by atoms with Gasteiger partial charge in [0.1, 0.15) is 0 Å². The van der Waals surface area contributed by atoms with Crippen LogP contribution in [0.5, 0.6) is 11.5 Å². The number of ether oxygens (including phenoxy) is 2. The lowest BCUT2D eigenvalue weighted by Crippen LogP contribution is -2.61. The van der Waals surface area contributed by atoms with Crippen molar-refractivity contribution in [3.63, 3.8) is 0 Å². The second-order valence-corrected chi connectivity index (χ2v) is 10.8. The molecule has 1 heterocycles. The van der Waals surface area contributed by atoms with Crippen molar-refractivity contribution in [1.29, 1.82) is 0 Å². The molecular weight excluding hydrogens is 390 g/mol. The highest BCUT2D eigenvalue weighted by Crippen LogP contribution is 2.65. The van der Waals surface area contributed by atoms with E-state index in [4.69, 9.17) is 9.47 Å². The molecular formula is C26H35NO4. The van der Waals surface area contributed by atoms with Crippen LogP contribution in [0.25, 0.3) is 0 Å². The molecule has 5 heteroatoms. The van der Waals surface area contributed by atoms with Crippen LogP contribution in [0, 0.1) is 34.5 Å². The van der Waals surface area contributed by atoms with Gasteiger partial charge in [0, 0.05) is 12.5 Å². The van der Waals surface area contributed by atoms with Gasteiger partial charge in [-0.3, -0.25) is 9.59 Å². The van der Waals surface area contributed by atoms with Gasteiger partial charge in [0.2, 0.25) is 5.91 Å². The Morgan fingerprint density at radius 3 is 2.48 bits per heavy atom. The summed E-state index contributed by atoms with van der Waals surface area (Å²) in [6.07, 6.45) is 8.15. The largest absolute Gasteiger partial charge is 0.493 e. The second-order valence-electron chi connectivity index (χ2n) is 10.8. The lowest BCUT2D eigenvalue weighted by Gasteiger charge is -2.60. The number of carbonyl (C=O) groups excluding carboxylic acids is 2. The van der Waals surface area contributed by atoms with E-state index in [-0.39, 0.29) is 28.6 Å². The average molecular weight is 426 g/mol. The van der Waals surface area contributed by atoms with E-state index < -0.39 is 0 Å². The van der Waals surface area contributed by atoms with Crippen molar-refractivity contribution in [2.24, 2.45) is 34.5 Å². The van der Waals surface area contributed by atoms with Crippen LogP contribution in [-0.2, 0) is 9.59 Å². The lowest BCUT2D eigenvalue weighted by molar-refractivity contribution is -0.150. The molecule has 0 aromatic heterocycles. The average Bonchev–Trinajstić information content (AvgIpc) is 3.12. The fraction of sp³-hybridized carbons (Fsp3) is 0.692. The van der Waals surface area contributed by atoms with Crippen LogP contribution in [0.3, 0.4) is 0 Å². The van der Waals surface area contributed by atoms with Crippen LogP contribution in [0.2, 0.25) is 0 Å². The molecule has 1 N–H and O–H groups in total. The van der Waals surface area contributed by atoms with Gasteiger partial charge >= 0.3 is 5.97 Å². The van der Waals surface area contributed by atoms with E-state index in [9.17, 15) is 9.59 Å². The number of benzene rings is 1. The van der Waals surface area contributed by atoms with Crippen molar-refractivity contribution in [1.82, 2.24) is 5.32 Å². The molecule has 0 bridgehead atoms. The van der Waals surface area contributed by atoms with Gasteiger partial charge in [-0.15, -0.1) is 0 Å². The first-order valence-corrected chi connectivity index (χ1v) is 12.0. The van der Waals surface area contributed by atoms with Crippen molar-refractivity contribution in [3.05, 3.63) is 24.3 Å². The van der Waals surface area contributed by atoms with E-state index in [1.54, 1.807) is 7.11 Å². The maximum absolute atomic E-state index is 13.3. The third kappa shape index (κ3) is 3.18. The van der Waals surface area contributed by atoms with Gasteiger partial charge in [0.25, 0.3) is 0 Å². The van der Waals surface area contributed by atoms with Gasteiger partial charge in [0.15, 0.2) is 11.5 Å². The predicted molar refractivity (Wildman–Crippen MR) is 118 cm³/mol. The predicted octanol–water partition coefficient (Wildman–Crippen LogP) is 4.74. The van der Waals surface area contributed by atoms with Crippen LogP contribution in [0.4, 0.5) is 0 Å². The Morgan fingerprint density at radius 1 is 0.968 bits per heavy atom. The Kier molecular flexibility index (Phi) is 5.06. The Bertz CT molecular complexity index is 884. The van der Waals surface area contributed by atoms with Crippen molar-refractivity contribution in [3.8, 4) is 11.5 Å². The molecule has 4 fully saturated rings. The van der Waals surface area contributed by atoms with Crippen molar-refractivity contribution in [2.45, 2.75) is 71.3 Å². The highest BCUT2D eigenvalue weighted by Gasteiger charge is 2.61. The molecule has 0 spiro atoms. The molecule has 5 rings (SSSR count). The molecule has 0 radical (unpaired) electrons. The summed E-state index contributed by atoms with van der Waals surface area (Å²) >= 11 is 0. The van der Waals surface area contributed by atoms with Crippen molar-refractivity contribution < 1.29 is 19.1 Å². The van der Waals surface area contributed by atoms with Gasteiger partial charge in [-0.1, -0.05) is 26.0 Å². The number of esters is 1. The Balaban J connectivity index is 1.35. The number of hydrogen-bond acceptors (Lipinski definition) is 4. The smallest absolute Gasteiger partial charge is 0.315 e. The van der Waals surface area contributed by atoms with Gasteiger partial charge in [-0.2, -0.15) is 0 Å². The summed E-state index contributed by atoms with van der Waals surface area (Å²) in [5.74, 6) is 3.05. The van der Waals surface area contributed by atoms with Crippen molar-refractivity contribution >= 4 is 11.9 Å².